The molecule has 0 unspecified atom stereocenters. The third-order valence-electron chi connectivity index (χ3n) is 3.32. The Morgan fingerprint density at radius 1 is 1.19 bits per heavy atom. The molecule has 0 fully saturated rings. The fraction of sp³-hybridized carbons (Fsp3) is 0.0625. The zero-order valence-corrected chi connectivity index (χ0v) is 12.1. The molecule has 1 heterocycles. The molecule has 0 aliphatic carbocycles. The Kier molecular flexibility index (Phi) is 3.39. The highest BCUT2D eigenvalue weighted by atomic mass is 35.5. The first-order valence-corrected chi connectivity index (χ1v) is 6.80. The van der Waals surface area contributed by atoms with E-state index in [2.05, 4.69) is 10.3 Å². The molecular weight excluding hydrogens is 289 g/mol. The van der Waals surface area contributed by atoms with E-state index in [1.165, 1.54) is 6.07 Å². The molecule has 2 aromatic carbocycles. The van der Waals surface area contributed by atoms with Crippen molar-refractivity contribution < 1.29 is 4.39 Å². The van der Waals surface area contributed by atoms with Crippen molar-refractivity contribution in [2.75, 3.05) is 11.1 Å². The van der Waals surface area contributed by atoms with Gasteiger partial charge in [-0.25, -0.2) is 4.39 Å². The van der Waals surface area contributed by atoms with Crippen LogP contribution in [0.2, 0.25) is 5.02 Å². The molecule has 1 aromatic heterocycles. The van der Waals surface area contributed by atoms with Crippen LogP contribution in [0.15, 0.2) is 42.6 Å². The number of nitrogens with two attached hydrogens (primary N) is 1. The van der Waals surface area contributed by atoms with Gasteiger partial charge in [-0.05, 0) is 48.9 Å². The van der Waals surface area contributed by atoms with Crippen molar-refractivity contribution in [1.82, 2.24) is 4.98 Å². The van der Waals surface area contributed by atoms with Crippen LogP contribution in [0.4, 0.5) is 21.5 Å². The van der Waals surface area contributed by atoms with E-state index in [1.54, 1.807) is 25.3 Å². The predicted octanol–water partition coefficient (Wildman–Crippen LogP) is 4.66. The lowest BCUT2D eigenvalue weighted by molar-refractivity contribution is 0.619. The molecule has 3 N–H and O–H groups in total. The number of pyridine rings is 1. The van der Waals surface area contributed by atoms with Crippen molar-refractivity contribution in [3.05, 3.63) is 59.0 Å². The number of halogens is 2. The third-order valence-corrected chi connectivity index (χ3v) is 3.65. The van der Waals surface area contributed by atoms with Gasteiger partial charge in [-0.3, -0.25) is 4.98 Å². The highest BCUT2D eigenvalue weighted by Crippen LogP contribution is 2.32. The lowest BCUT2D eigenvalue weighted by atomic mass is 10.1. The Hall–Kier alpha value is -2.33. The van der Waals surface area contributed by atoms with Crippen LogP contribution in [0.3, 0.4) is 0 Å². The van der Waals surface area contributed by atoms with Crippen LogP contribution in [-0.4, -0.2) is 4.98 Å². The molecule has 3 rings (SSSR count). The molecule has 0 bridgehead atoms. The summed E-state index contributed by atoms with van der Waals surface area (Å²) in [7, 11) is 0. The maximum Gasteiger partial charge on any atom is 0.128 e. The van der Waals surface area contributed by atoms with Gasteiger partial charge in [0, 0.05) is 11.6 Å². The van der Waals surface area contributed by atoms with Gasteiger partial charge < -0.3 is 11.1 Å². The van der Waals surface area contributed by atoms with E-state index in [0.717, 1.165) is 16.6 Å². The Morgan fingerprint density at radius 2 is 2.00 bits per heavy atom. The number of aromatic nitrogens is 1. The summed E-state index contributed by atoms with van der Waals surface area (Å²) < 4.78 is 13.5. The Balaban J connectivity index is 2.11. The van der Waals surface area contributed by atoms with Crippen molar-refractivity contribution in [3.63, 3.8) is 0 Å². The molecular formula is C16H13ClFN3. The second-order valence-electron chi connectivity index (χ2n) is 4.81. The molecule has 0 aliphatic heterocycles. The van der Waals surface area contributed by atoms with Gasteiger partial charge in [-0.1, -0.05) is 11.6 Å². The van der Waals surface area contributed by atoms with E-state index in [0.29, 0.717) is 22.0 Å². The van der Waals surface area contributed by atoms with Crippen molar-refractivity contribution in [3.8, 4) is 0 Å². The number of hydrogen-bond donors (Lipinski definition) is 2. The van der Waals surface area contributed by atoms with Crippen LogP contribution < -0.4 is 11.1 Å². The van der Waals surface area contributed by atoms with Gasteiger partial charge in [0.25, 0.3) is 0 Å². The molecule has 0 radical (unpaired) electrons. The van der Waals surface area contributed by atoms with E-state index in [4.69, 9.17) is 17.3 Å². The summed E-state index contributed by atoms with van der Waals surface area (Å²) in [5.74, 6) is -0.322. The van der Waals surface area contributed by atoms with E-state index in [9.17, 15) is 4.39 Å². The van der Waals surface area contributed by atoms with E-state index >= 15 is 0 Å². The lowest BCUT2D eigenvalue weighted by Gasteiger charge is -2.13. The van der Waals surface area contributed by atoms with Gasteiger partial charge in [0.05, 0.1) is 27.6 Å². The zero-order valence-electron chi connectivity index (χ0n) is 11.3. The predicted molar refractivity (Wildman–Crippen MR) is 85.6 cm³/mol. The minimum absolute atomic E-state index is 0.322. The van der Waals surface area contributed by atoms with Crippen LogP contribution in [0.5, 0.6) is 0 Å². The number of hydrogen-bond acceptors (Lipinski definition) is 3. The second-order valence-corrected chi connectivity index (χ2v) is 5.22. The minimum Gasteiger partial charge on any atom is -0.397 e. The highest BCUT2D eigenvalue weighted by Gasteiger charge is 2.09. The van der Waals surface area contributed by atoms with Crippen molar-refractivity contribution >= 4 is 39.6 Å². The molecule has 106 valence electrons. The standard InChI is InChI=1S/C16H13ClFN3/c1-9-7-15(13(19)8-12(9)18)21-14-5-4-11(17)10-3-2-6-20-16(10)14/h2-8,21H,19H2,1H3. The minimum atomic E-state index is -0.322. The zero-order chi connectivity index (χ0) is 15.0. The average molecular weight is 302 g/mol. The molecule has 0 aliphatic rings. The van der Waals surface area contributed by atoms with Gasteiger partial charge in [0.15, 0.2) is 0 Å². The van der Waals surface area contributed by atoms with E-state index in [1.807, 2.05) is 18.2 Å². The Bertz CT molecular complexity index is 833. The van der Waals surface area contributed by atoms with Crippen LogP contribution in [0, 0.1) is 12.7 Å². The molecule has 0 amide bonds. The number of fused-ring (bicyclic) bond motifs is 1. The molecule has 5 heteroatoms. The maximum absolute atomic E-state index is 13.5. The fourth-order valence-corrected chi connectivity index (χ4v) is 2.40. The van der Waals surface area contributed by atoms with Gasteiger partial charge >= 0.3 is 0 Å². The SMILES string of the molecule is Cc1cc(Nc2ccc(Cl)c3cccnc23)c(N)cc1F. The highest BCUT2D eigenvalue weighted by molar-refractivity contribution is 6.35. The average Bonchev–Trinajstić information content (AvgIpc) is 2.48. The summed E-state index contributed by atoms with van der Waals surface area (Å²) in [5.41, 5.74) is 8.89. The smallest absolute Gasteiger partial charge is 0.128 e. The van der Waals surface area contributed by atoms with Gasteiger partial charge in [-0.2, -0.15) is 0 Å². The molecule has 0 saturated carbocycles. The van der Waals surface area contributed by atoms with Gasteiger partial charge in [-0.15, -0.1) is 0 Å². The first-order valence-electron chi connectivity index (χ1n) is 6.42. The summed E-state index contributed by atoms with van der Waals surface area (Å²) in [4.78, 5) is 4.35. The molecule has 3 aromatic rings. The first-order chi connectivity index (χ1) is 10.1. The van der Waals surface area contributed by atoms with E-state index in [-0.39, 0.29) is 5.82 Å². The molecule has 0 atom stereocenters. The normalized spacial score (nSPS) is 10.8. The number of nitrogens with zero attached hydrogens (tertiary/aromatic N) is 1. The summed E-state index contributed by atoms with van der Waals surface area (Å²) in [6, 6.07) is 10.3. The monoisotopic (exact) mass is 301 g/mol. The van der Waals surface area contributed by atoms with Crippen molar-refractivity contribution in [2.45, 2.75) is 6.92 Å². The molecule has 3 nitrogen and oxygen atoms in total. The number of rotatable bonds is 2. The number of benzene rings is 2. The first kappa shape index (κ1) is 13.6. The second kappa shape index (κ2) is 5.22. The third kappa shape index (κ3) is 2.50. The molecule has 0 spiro atoms. The topological polar surface area (TPSA) is 50.9 Å². The van der Waals surface area contributed by atoms with Crippen LogP contribution in [-0.2, 0) is 0 Å². The number of anilines is 3. The number of aryl methyl sites for hydroxylation is 1. The Morgan fingerprint density at radius 3 is 2.81 bits per heavy atom. The molecule has 0 saturated heterocycles. The summed E-state index contributed by atoms with van der Waals surface area (Å²) in [6.45, 7) is 1.69. The van der Waals surface area contributed by atoms with Crippen LogP contribution in [0.25, 0.3) is 10.9 Å². The molecule has 21 heavy (non-hydrogen) atoms. The van der Waals surface area contributed by atoms with Crippen LogP contribution in [0.1, 0.15) is 5.56 Å². The fourth-order valence-electron chi connectivity index (χ4n) is 2.19. The number of nitrogens with one attached hydrogen (secondary N) is 1. The maximum atomic E-state index is 13.5. The summed E-state index contributed by atoms with van der Waals surface area (Å²) in [6.07, 6.45) is 1.70. The quantitative estimate of drug-likeness (QED) is 0.677. The summed E-state index contributed by atoms with van der Waals surface area (Å²) in [5, 5.41) is 4.68. The Labute approximate surface area is 126 Å². The van der Waals surface area contributed by atoms with Crippen molar-refractivity contribution in [2.24, 2.45) is 0 Å². The van der Waals surface area contributed by atoms with Crippen LogP contribution >= 0.6 is 11.6 Å². The van der Waals surface area contributed by atoms with Gasteiger partial charge in [0.2, 0.25) is 0 Å². The number of nitrogen functional groups attached to an aromatic ring is 1. The summed E-state index contributed by atoms with van der Waals surface area (Å²) >= 11 is 6.17. The largest absolute Gasteiger partial charge is 0.397 e. The lowest BCUT2D eigenvalue weighted by Crippen LogP contribution is -1.99. The van der Waals surface area contributed by atoms with E-state index < -0.39 is 0 Å². The van der Waals surface area contributed by atoms with Crippen molar-refractivity contribution in [1.29, 1.82) is 0 Å². The van der Waals surface area contributed by atoms with Gasteiger partial charge in [0.1, 0.15) is 5.82 Å².